The van der Waals surface area contributed by atoms with E-state index in [2.05, 4.69) is 27.6 Å². The van der Waals surface area contributed by atoms with Crippen LogP contribution in [0.1, 0.15) is 56.3 Å². The van der Waals surface area contributed by atoms with Gasteiger partial charge < -0.3 is 20.5 Å². The van der Waals surface area contributed by atoms with Crippen LogP contribution in [0.25, 0.3) is 10.9 Å². The minimum atomic E-state index is -0.155. The Morgan fingerprint density at radius 1 is 1.09 bits per heavy atom. The number of thiophene rings is 1. The van der Waals surface area contributed by atoms with Gasteiger partial charge in [-0.25, -0.2) is 0 Å². The smallest absolute Gasteiger partial charge is 0.268 e. The molecule has 5 rings (SSSR count). The maximum atomic E-state index is 13.0. The van der Waals surface area contributed by atoms with Crippen molar-refractivity contribution in [2.24, 2.45) is 0 Å². The van der Waals surface area contributed by atoms with Crippen molar-refractivity contribution in [2.75, 3.05) is 13.6 Å². The van der Waals surface area contributed by atoms with E-state index in [4.69, 9.17) is 11.6 Å². The number of nitrogens with one attached hydrogen (secondary N) is 3. The van der Waals surface area contributed by atoms with E-state index in [1.54, 1.807) is 17.4 Å². The molecular formula is C24H28Cl2N4O2S. The zero-order valence-electron chi connectivity index (χ0n) is 18.4. The number of benzene rings is 1. The highest BCUT2D eigenvalue weighted by molar-refractivity contribution is 7.14. The summed E-state index contributed by atoms with van der Waals surface area (Å²) in [5.74, 6) is -0.184. The molecule has 176 valence electrons. The Hall–Kier alpha value is -2.06. The summed E-state index contributed by atoms with van der Waals surface area (Å²) in [7, 11) is 2.11. The number of nitrogens with zero attached hydrogens (tertiary/aromatic N) is 1. The molecule has 0 spiro atoms. The van der Waals surface area contributed by atoms with Crippen LogP contribution in [0.2, 0.25) is 5.02 Å². The van der Waals surface area contributed by atoms with Gasteiger partial charge in [0.05, 0.1) is 4.88 Å². The SMILES string of the molecule is CN1CCc2cc(C(=O)N[C@H]3CCCC[C@H]3NC(=O)c3cc4cc(Cl)ccc4[nH]3)sc2C1.Cl. The van der Waals surface area contributed by atoms with Gasteiger partial charge in [-0.15, -0.1) is 23.7 Å². The summed E-state index contributed by atoms with van der Waals surface area (Å²) in [5.41, 5.74) is 2.68. The minimum absolute atomic E-state index is 0. The Morgan fingerprint density at radius 3 is 2.58 bits per heavy atom. The third-order valence-electron chi connectivity index (χ3n) is 6.52. The van der Waals surface area contributed by atoms with Crippen LogP contribution in [0.4, 0.5) is 0 Å². The Labute approximate surface area is 208 Å². The highest BCUT2D eigenvalue weighted by Crippen LogP contribution is 2.28. The molecule has 3 heterocycles. The van der Waals surface area contributed by atoms with E-state index < -0.39 is 0 Å². The molecule has 6 nitrogen and oxygen atoms in total. The number of halogens is 2. The first-order chi connectivity index (χ1) is 15.5. The molecule has 0 saturated heterocycles. The maximum absolute atomic E-state index is 13.0. The summed E-state index contributed by atoms with van der Waals surface area (Å²) in [4.78, 5) is 33.5. The van der Waals surface area contributed by atoms with Gasteiger partial charge in [-0.3, -0.25) is 9.59 Å². The van der Waals surface area contributed by atoms with Gasteiger partial charge in [-0.1, -0.05) is 24.4 Å². The van der Waals surface area contributed by atoms with Gasteiger partial charge >= 0.3 is 0 Å². The molecule has 1 saturated carbocycles. The lowest BCUT2D eigenvalue weighted by atomic mass is 9.90. The fraction of sp³-hybridized carbons (Fsp3) is 0.417. The molecule has 3 aromatic rings. The third kappa shape index (κ3) is 5.22. The molecule has 1 fully saturated rings. The van der Waals surface area contributed by atoms with Gasteiger partial charge in [0.2, 0.25) is 0 Å². The number of rotatable bonds is 4. The predicted molar refractivity (Wildman–Crippen MR) is 136 cm³/mol. The van der Waals surface area contributed by atoms with E-state index >= 15 is 0 Å². The Kier molecular flexibility index (Phi) is 7.34. The zero-order valence-corrected chi connectivity index (χ0v) is 20.8. The summed E-state index contributed by atoms with van der Waals surface area (Å²) in [5, 5.41) is 7.91. The monoisotopic (exact) mass is 506 g/mol. The Bertz CT molecular complexity index is 1170. The molecule has 0 radical (unpaired) electrons. The van der Waals surface area contributed by atoms with Gasteiger partial charge in [0.15, 0.2) is 0 Å². The maximum Gasteiger partial charge on any atom is 0.268 e. The second-order valence-corrected chi connectivity index (χ2v) is 10.5. The van der Waals surface area contributed by atoms with Crippen LogP contribution in [0, 0.1) is 0 Å². The first-order valence-corrected chi connectivity index (χ1v) is 12.4. The van der Waals surface area contributed by atoms with Gasteiger partial charge in [0, 0.05) is 46.0 Å². The molecule has 2 aromatic heterocycles. The summed E-state index contributed by atoms with van der Waals surface area (Å²) < 4.78 is 0. The quantitative estimate of drug-likeness (QED) is 0.477. The first kappa shape index (κ1) is 24.1. The molecule has 3 N–H and O–H groups in total. The number of amides is 2. The topological polar surface area (TPSA) is 77.2 Å². The number of fused-ring (bicyclic) bond motifs is 2. The van der Waals surface area contributed by atoms with E-state index in [9.17, 15) is 9.59 Å². The summed E-state index contributed by atoms with van der Waals surface area (Å²) in [6.07, 6.45) is 4.81. The van der Waals surface area contributed by atoms with E-state index in [1.165, 1.54) is 10.4 Å². The molecule has 33 heavy (non-hydrogen) atoms. The number of H-pyrrole nitrogens is 1. The highest BCUT2D eigenvalue weighted by atomic mass is 35.5. The number of likely N-dealkylation sites (N-methyl/N-ethyl adjacent to an activating group) is 1. The average Bonchev–Trinajstić information content (AvgIpc) is 3.38. The first-order valence-electron chi connectivity index (χ1n) is 11.2. The number of aromatic amines is 1. The number of carbonyl (C=O) groups excluding carboxylic acids is 2. The fourth-order valence-electron chi connectivity index (χ4n) is 4.75. The second-order valence-electron chi connectivity index (χ2n) is 8.91. The molecule has 2 amide bonds. The summed E-state index contributed by atoms with van der Waals surface area (Å²) >= 11 is 7.66. The molecule has 1 aromatic carbocycles. The lowest BCUT2D eigenvalue weighted by Gasteiger charge is -2.32. The highest BCUT2D eigenvalue weighted by Gasteiger charge is 2.30. The third-order valence-corrected chi connectivity index (χ3v) is 7.92. The molecule has 2 aliphatic rings. The molecule has 0 unspecified atom stereocenters. The van der Waals surface area contributed by atoms with Crippen LogP contribution in [0.5, 0.6) is 0 Å². The van der Waals surface area contributed by atoms with E-state index in [0.717, 1.165) is 61.0 Å². The van der Waals surface area contributed by atoms with Crippen molar-refractivity contribution in [2.45, 2.75) is 50.7 Å². The molecule has 1 aliphatic heterocycles. The van der Waals surface area contributed by atoms with Crippen molar-refractivity contribution in [1.82, 2.24) is 20.5 Å². The lowest BCUT2D eigenvalue weighted by molar-refractivity contribution is 0.0862. The van der Waals surface area contributed by atoms with Crippen LogP contribution in [0.15, 0.2) is 30.3 Å². The molecule has 2 atom stereocenters. The number of carbonyl (C=O) groups is 2. The predicted octanol–water partition coefficient (Wildman–Crippen LogP) is 4.76. The normalized spacial score (nSPS) is 20.7. The van der Waals surface area contributed by atoms with Gasteiger partial charge in [0.1, 0.15) is 5.69 Å². The van der Waals surface area contributed by atoms with Crippen molar-refractivity contribution < 1.29 is 9.59 Å². The number of hydrogen-bond acceptors (Lipinski definition) is 4. The van der Waals surface area contributed by atoms with E-state index in [-0.39, 0.29) is 36.3 Å². The number of aromatic nitrogens is 1. The van der Waals surface area contributed by atoms with Crippen LogP contribution in [-0.2, 0) is 13.0 Å². The van der Waals surface area contributed by atoms with Crippen LogP contribution >= 0.6 is 35.3 Å². The van der Waals surface area contributed by atoms with E-state index in [1.807, 2.05) is 24.3 Å². The van der Waals surface area contributed by atoms with Gasteiger partial charge in [0.25, 0.3) is 11.8 Å². The van der Waals surface area contributed by atoms with Crippen molar-refractivity contribution in [1.29, 1.82) is 0 Å². The van der Waals surface area contributed by atoms with E-state index in [0.29, 0.717) is 10.7 Å². The van der Waals surface area contributed by atoms with Crippen LogP contribution < -0.4 is 10.6 Å². The summed E-state index contributed by atoms with van der Waals surface area (Å²) in [6, 6.07) is 9.23. The molecule has 1 aliphatic carbocycles. The Morgan fingerprint density at radius 2 is 1.82 bits per heavy atom. The lowest BCUT2D eigenvalue weighted by Crippen LogP contribution is -2.53. The molecule has 9 heteroatoms. The molecular weight excluding hydrogens is 479 g/mol. The standard InChI is InChI=1S/C24H27ClN4O2S.ClH/c1-29-9-8-14-12-21(32-22(14)13-29)24(31)28-19-5-3-2-4-18(19)27-23(30)20-11-15-10-16(25)6-7-17(15)26-20;/h6-7,10-12,18-19,26H,2-5,8-9,13H2,1H3,(H,27,30)(H,28,31);1H/t18-,19+;/m1./s1. The van der Waals surface area contributed by atoms with Crippen LogP contribution in [-0.4, -0.2) is 47.4 Å². The van der Waals surface area contributed by atoms with Crippen molar-refractivity contribution in [3.63, 3.8) is 0 Å². The average molecular weight is 507 g/mol. The van der Waals surface area contributed by atoms with Crippen molar-refractivity contribution >= 4 is 58.1 Å². The van der Waals surface area contributed by atoms with Crippen molar-refractivity contribution in [3.8, 4) is 0 Å². The van der Waals surface area contributed by atoms with Crippen LogP contribution in [0.3, 0.4) is 0 Å². The summed E-state index contributed by atoms with van der Waals surface area (Å²) in [6.45, 7) is 1.94. The van der Waals surface area contributed by atoms with Gasteiger partial charge in [-0.05, 0) is 62.2 Å². The minimum Gasteiger partial charge on any atom is -0.351 e. The zero-order chi connectivity index (χ0) is 22.2. The largest absolute Gasteiger partial charge is 0.351 e. The number of hydrogen-bond donors (Lipinski definition) is 3. The Balaban J connectivity index is 0.00000259. The second kappa shape index (κ2) is 10.1. The fourth-order valence-corrected chi connectivity index (χ4v) is 6.12. The molecule has 0 bridgehead atoms. The van der Waals surface area contributed by atoms with Gasteiger partial charge in [-0.2, -0.15) is 0 Å². The van der Waals surface area contributed by atoms with Crippen molar-refractivity contribution in [3.05, 3.63) is 56.4 Å².